The number of hydrogen-bond donors (Lipinski definition) is 1. The third-order valence-electron chi connectivity index (χ3n) is 2.09. The maximum absolute atomic E-state index is 5.52. The highest BCUT2D eigenvalue weighted by atomic mass is 16.5. The molecule has 0 fully saturated rings. The van der Waals surface area contributed by atoms with Crippen molar-refractivity contribution in [3.63, 3.8) is 0 Å². The Morgan fingerprint density at radius 1 is 1.29 bits per heavy atom. The van der Waals surface area contributed by atoms with Gasteiger partial charge >= 0.3 is 0 Å². The van der Waals surface area contributed by atoms with E-state index in [9.17, 15) is 0 Å². The molecule has 0 aromatic heterocycles. The van der Waals surface area contributed by atoms with Crippen LogP contribution in [0.5, 0.6) is 0 Å². The molecular formula is C12H19NO. The molecule has 0 saturated heterocycles. The van der Waals surface area contributed by atoms with Crippen molar-refractivity contribution in [2.75, 3.05) is 13.2 Å². The topological polar surface area (TPSA) is 35.2 Å². The van der Waals surface area contributed by atoms with E-state index in [1.54, 1.807) is 0 Å². The van der Waals surface area contributed by atoms with E-state index in [4.69, 9.17) is 10.5 Å². The van der Waals surface area contributed by atoms with E-state index in [0.29, 0.717) is 6.61 Å². The fraction of sp³-hybridized carbons (Fsp3) is 0.500. The Morgan fingerprint density at radius 3 is 2.86 bits per heavy atom. The third-order valence-corrected chi connectivity index (χ3v) is 2.09. The minimum absolute atomic E-state index is 0.715. The first-order chi connectivity index (χ1) is 6.83. The SMILES string of the molecule is Cc1cccc(COCCCCN)c1. The van der Waals surface area contributed by atoms with Crippen LogP contribution in [-0.2, 0) is 11.3 Å². The molecule has 0 aliphatic carbocycles. The van der Waals surface area contributed by atoms with Gasteiger partial charge < -0.3 is 10.5 Å². The van der Waals surface area contributed by atoms with Gasteiger partial charge in [-0.2, -0.15) is 0 Å². The van der Waals surface area contributed by atoms with Gasteiger partial charge in [0.15, 0.2) is 0 Å². The van der Waals surface area contributed by atoms with Crippen LogP contribution in [0.15, 0.2) is 24.3 Å². The summed E-state index contributed by atoms with van der Waals surface area (Å²) in [6.07, 6.45) is 2.11. The summed E-state index contributed by atoms with van der Waals surface area (Å²) in [5.74, 6) is 0. The molecule has 0 aliphatic rings. The number of benzene rings is 1. The van der Waals surface area contributed by atoms with Crippen LogP contribution >= 0.6 is 0 Å². The molecule has 0 saturated carbocycles. The molecule has 0 spiro atoms. The lowest BCUT2D eigenvalue weighted by Crippen LogP contribution is -2.02. The summed E-state index contributed by atoms with van der Waals surface area (Å²) in [7, 11) is 0. The predicted octanol–water partition coefficient (Wildman–Crippen LogP) is 2.25. The molecule has 2 nitrogen and oxygen atoms in total. The zero-order valence-corrected chi connectivity index (χ0v) is 8.83. The fourth-order valence-corrected chi connectivity index (χ4v) is 1.34. The van der Waals surface area contributed by atoms with Crippen molar-refractivity contribution >= 4 is 0 Å². The van der Waals surface area contributed by atoms with Gasteiger partial charge in [0.2, 0.25) is 0 Å². The first-order valence-corrected chi connectivity index (χ1v) is 5.16. The van der Waals surface area contributed by atoms with Gasteiger partial charge in [-0.1, -0.05) is 29.8 Å². The highest BCUT2D eigenvalue weighted by Gasteiger charge is 1.93. The van der Waals surface area contributed by atoms with Gasteiger partial charge in [0.25, 0.3) is 0 Å². The van der Waals surface area contributed by atoms with Crippen LogP contribution in [0.3, 0.4) is 0 Å². The summed E-state index contributed by atoms with van der Waals surface area (Å²) in [4.78, 5) is 0. The third kappa shape index (κ3) is 4.40. The van der Waals surface area contributed by atoms with Crippen LogP contribution in [-0.4, -0.2) is 13.2 Å². The lowest BCUT2D eigenvalue weighted by molar-refractivity contribution is 0.117. The molecule has 0 unspecified atom stereocenters. The largest absolute Gasteiger partial charge is 0.377 e. The molecule has 1 aromatic carbocycles. The lowest BCUT2D eigenvalue weighted by Gasteiger charge is -2.04. The molecule has 78 valence electrons. The molecule has 14 heavy (non-hydrogen) atoms. The second-order valence-corrected chi connectivity index (χ2v) is 3.54. The maximum Gasteiger partial charge on any atom is 0.0716 e. The first kappa shape index (κ1) is 11.2. The molecule has 0 heterocycles. The molecule has 2 heteroatoms. The van der Waals surface area contributed by atoms with E-state index in [1.165, 1.54) is 11.1 Å². The number of unbranched alkanes of at least 4 members (excludes halogenated alkanes) is 1. The molecule has 1 rings (SSSR count). The summed E-state index contributed by atoms with van der Waals surface area (Å²) in [5, 5.41) is 0. The van der Waals surface area contributed by atoms with E-state index in [2.05, 4.69) is 31.2 Å². The zero-order chi connectivity index (χ0) is 10.2. The maximum atomic E-state index is 5.52. The van der Waals surface area contributed by atoms with Gasteiger partial charge in [-0.05, 0) is 31.9 Å². The number of ether oxygens (including phenoxy) is 1. The van der Waals surface area contributed by atoms with Gasteiger partial charge in [0.05, 0.1) is 6.61 Å². The number of nitrogens with two attached hydrogens (primary N) is 1. The standard InChI is InChI=1S/C12H19NO/c1-11-5-4-6-12(9-11)10-14-8-3-2-7-13/h4-6,9H,2-3,7-8,10,13H2,1H3. The summed E-state index contributed by atoms with van der Waals surface area (Å²) < 4.78 is 5.52. The van der Waals surface area contributed by atoms with E-state index in [1.807, 2.05) is 0 Å². The number of hydrogen-bond acceptors (Lipinski definition) is 2. The Bertz CT molecular complexity index is 260. The van der Waals surface area contributed by atoms with Crippen LogP contribution < -0.4 is 5.73 Å². The highest BCUT2D eigenvalue weighted by molar-refractivity contribution is 5.21. The van der Waals surface area contributed by atoms with Crippen molar-refractivity contribution in [2.24, 2.45) is 5.73 Å². The van der Waals surface area contributed by atoms with Crippen molar-refractivity contribution in [3.8, 4) is 0 Å². The lowest BCUT2D eigenvalue weighted by atomic mass is 10.1. The monoisotopic (exact) mass is 193 g/mol. The summed E-state index contributed by atoms with van der Waals surface area (Å²) in [5.41, 5.74) is 7.92. The Hall–Kier alpha value is -0.860. The van der Waals surface area contributed by atoms with E-state index in [0.717, 1.165) is 26.0 Å². The molecule has 0 radical (unpaired) electrons. The Morgan fingerprint density at radius 2 is 2.14 bits per heavy atom. The number of aryl methyl sites for hydroxylation is 1. The van der Waals surface area contributed by atoms with Crippen LogP contribution in [0.2, 0.25) is 0 Å². The van der Waals surface area contributed by atoms with Gasteiger partial charge in [0.1, 0.15) is 0 Å². The average molecular weight is 193 g/mol. The van der Waals surface area contributed by atoms with E-state index < -0.39 is 0 Å². The quantitative estimate of drug-likeness (QED) is 0.703. The Labute approximate surface area is 86.1 Å². The molecule has 0 atom stereocenters. The van der Waals surface area contributed by atoms with Gasteiger partial charge in [-0.25, -0.2) is 0 Å². The molecular weight excluding hydrogens is 174 g/mol. The molecule has 0 amide bonds. The van der Waals surface area contributed by atoms with Crippen molar-refractivity contribution in [1.29, 1.82) is 0 Å². The summed E-state index contributed by atoms with van der Waals surface area (Å²) in [6, 6.07) is 8.41. The average Bonchev–Trinajstić information content (AvgIpc) is 2.18. The van der Waals surface area contributed by atoms with Crippen molar-refractivity contribution < 1.29 is 4.74 Å². The fourth-order valence-electron chi connectivity index (χ4n) is 1.34. The van der Waals surface area contributed by atoms with Gasteiger partial charge in [-0.15, -0.1) is 0 Å². The smallest absolute Gasteiger partial charge is 0.0716 e. The van der Waals surface area contributed by atoms with Gasteiger partial charge in [0, 0.05) is 6.61 Å². The highest BCUT2D eigenvalue weighted by Crippen LogP contribution is 2.05. The molecule has 0 aliphatic heterocycles. The van der Waals surface area contributed by atoms with Crippen LogP contribution in [0.4, 0.5) is 0 Å². The minimum Gasteiger partial charge on any atom is -0.377 e. The summed E-state index contributed by atoms with van der Waals surface area (Å²) in [6.45, 7) is 4.38. The van der Waals surface area contributed by atoms with Crippen molar-refractivity contribution in [2.45, 2.75) is 26.4 Å². The van der Waals surface area contributed by atoms with Crippen LogP contribution in [0.25, 0.3) is 0 Å². The molecule has 2 N–H and O–H groups in total. The van der Waals surface area contributed by atoms with Crippen LogP contribution in [0, 0.1) is 6.92 Å². The van der Waals surface area contributed by atoms with E-state index in [-0.39, 0.29) is 0 Å². The zero-order valence-electron chi connectivity index (χ0n) is 8.83. The first-order valence-electron chi connectivity index (χ1n) is 5.16. The Balaban J connectivity index is 2.18. The van der Waals surface area contributed by atoms with Crippen molar-refractivity contribution in [3.05, 3.63) is 35.4 Å². The Kier molecular flexibility index (Phi) is 5.27. The molecule has 0 bridgehead atoms. The number of rotatable bonds is 6. The van der Waals surface area contributed by atoms with Gasteiger partial charge in [-0.3, -0.25) is 0 Å². The second-order valence-electron chi connectivity index (χ2n) is 3.54. The minimum atomic E-state index is 0.715. The molecule has 1 aromatic rings. The normalized spacial score (nSPS) is 10.4. The predicted molar refractivity (Wildman–Crippen MR) is 59.1 cm³/mol. The van der Waals surface area contributed by atoms with E-state index >= 15 is 0 Å². The van der Waals surface area contributed by atoms with Crippen molar-refractivity contribution in [1.82, 2.24) is 0 Å². The second kappa shape index (κ2) is 6.57. The summed E-state index contributed by atoms with van der Waals surface area (Å²) >= 11 is 0. The van der Waals surface area contributed by atoms with Crippen LogP contribution in [0.1, 0.15) is 24.0 Å².